The number of rotatable bonds is 15. The van der Waals surface area contributed by atoms with Gasteiger partial charge in [0, 0.05) is 70.7 Å². The van der Waals surface area contributed by atoms with Crippen molar-refractivity contribution in [2.75, 3.05) is 39.3 Å². The van der Waals surface area contributed by atoms with Gasteiger partial charge >= 0.3 is 0 Å². The van der Waals surface area contributed by atoms with Crippen molar-refractivity contribution in [3.05, 3.63) is 179 Å². The zero-order valence-corrected chi connectivity index (χ0v) is 32.9. The minimum atomic E-state index is 0.217. The second-order valence-corrected chi connectivity index (χ2v) is 12.6. The fourth-order valence-corrected chi connectivity index (χ4v) is 4.90. The van der Waals surface area contributed by atoms with E-state index >= 15 is 0 Å². The fraction of sp³-hybridized carbons (Fsp3) is 0.125. The molecule has 0 aliphatic carbocycles. The van der Waals surface area contributed by atoms with Gasteiger partial charge in [0.1, 0.15) is 34.5 Å². The van der Waals surface area contributed by atoms with Gasteiger partial charge in [-0.1, -0.05) is 72.8 Å². The Balaban J connectivity index is 0.000000198. The van der Waals surface area contributed by atoms with Crippen molar-refractivity contribution in [1.82, 2.24) is 0 Å². The molecule has 6 N–H and O–H groups in total. The van der Waals surface area contributed by atoms with Gasteiger partial charge in [0.25, 0.3) is 0 Å². The first-order chi connectivity index (χ1) is 29.3. The number of benzene rings is 6. The predicted octanol–water partition coefficient (Wildman–Crippen LogP) is 7.91. The Morgan fingerprint density at radius 2 is 0.367 bits per heavy atom. The summed E-state index contributed by atoms with van der Waals surface area (Å²) < 4.78 is 0. The highest BCUT2D eigenvalue weighted by atomic mass is 16.3. The maximum absolute atomic E-state index is 9.54. The largest absolute Gasteiger partial charge is 0.507 e. The van der Waals surface area contributed by atoms with Gasteiger partial charge in [-0.15, -0.1) is 0 Å². The number of nitrogens with zero attached hydrogens (tertiary/aromatic N) is 6. The average molecular weight is 805 g/mol. The molecule has 0 amide bonds. The monoisotopic (exact) mass is 804 g/mol. The highest BCUT2D eigenvalue weighted by molar-refractivity contribution is 5.86. The Hall–Kier alpha value is -7.86. The Morgan fingerprint density at radius 1 is 0.233 bits per heavy atom. The summed E-state index contributed by atoms with van der Waals surface area (Å²) in [6.45, 7) is 3.16. The molecule has 0 spiro atoms. The van der Waals surface area contributed by atoms with Crippen LogP contribution in [0.2, 0.25) is 0 Å². The van der Waals surface area contributed by atoms with Crippen molar-refractivity contribution in [1.29, 1.82) is 0 Å². The summed E-state index contributed by atoms with van der Waals surface area (Å²) >= 11 is 0. The van der Waals surface area contributed by atoms with Crippen molar-refractivity contribution < 1.29 is 30.6 Å². The molecule has 12 heteroatoms. The lowest BCUT2D eigenvalue weighted by Gasteiger charge is -1.97. The predicted molar refractivity (Wildman–Crippen MR) is 243 cm³/mol. The molecular formula is C48H48N6O6. The van der Waals surface area contributed by atoms with Gasteiger partial charge in [0.2, 0.25) is 0 Å². The molecule has 0 unspecified atom stereocenters. The van der Waals surface area contributed by atoms with E-state index in [1.54, 1.807) is 146 Å². The van der Waals surface area contributed by atoms with E-state index in [1.807, 2.05) is 36.4 Å². The smallest absolute Gasteiger partial charge is 0.124 e. The van der Waals surface area contributed by atoms with E-state index in [9.17, 15) is 30.6 Å². The number of hydrogen-bond donors (Lipinski definition) is 6. The second-order valence-electron chi connectivity index (χ2n) is 12.6. The molecule has 0 radical (unpaired) electrons. The summed E-state index contributed by atoms with van der Waals surface area (Å²) in [7, 11) is 0. The lowest BCUT2D eigenvalue weighted by molar-refractivity contribution is 0.474. The Bertz CT molecular complexity index is 1960. The topological polar surface area (TPSA) is 196 Å². The molecule has 0 fully saturated rings. The van der Waals surface area contributed by atoms with E-state index in [0.717, 1.165) is 0 Å². The molecule has 0 aliphatic heterocycles. The van der Waals surface area contributed by atoms with Gasteiger partial charge in [0.15, 0.2) is 0 Å². The van der Waals surface area contributed by atoms with Crippen LogP contribution in [0, 0.1) is 0 Å². The minimum absolute atomic E-state index is 0.217. The van der Waals surface area contributed by atoms with Gasteiger partial charge in [-0.2, -0.15) is 0 Å². The summed E-state index contributed by atoms with van der Waals surface area (Å²) in [5.41, 5.74) is 4.15. The molecule has 6 aromatic rings. The van der Waals surface area contributed by atoms with Crippen molar-refractivity contribution in [3.8, 4) is 34.5 Å². The van der Waals surface area contributed by atoms with Gasteiger partial charge in [-0.05, 0) is 72.8 Å². The Labute approximate surface area is 349 Å². The third-order valence-electron chi connectivity index (χ3n) is 8.08. The lowest BCUT2D eigenvalue weighted by Crippen LogP contribution is -1.91. The second kappa shape index (κ2) is 26.1. The Morgan fingerprint density at radius 3 is 0.500 bits per heavy atom. The van der Waals surface area contributed by atoms with Gasteiger partial charge in [0.05, 0.1) is 39.3 Å². The summed E-state index contributed by atoms with van der Waals surface area (Å²) in [6, 6.07) is 42.2. The molecular weight excluding hydrogens is 757 g/mol. The van der Waals surface area contributed by atoms with E-state index in [-0.39, 0.29) is 34.5 Å². The summed E-state index contributed by atoms with van der Waals surface area (Å²) in [5, 5.41) is 57.3. The van der Waals surface area contributed by atoms with Crippen molar-refractivity contribution in [2.45, 2.75) is 0 Å². The summed E-state index contributed by atoms with van der Waals surface area (Å²) in [4.78, 5) is 25.2. The molecule has 6 rings (SSSR count). The molecule has 0 heterocycles. The average Bonchev–Trinajstić information content (AvgIpc) is 3.26. The van der Waals surface area contributed by atoms with Crippen LogP contribution >= 0.6 is 0 Å². The summed E-state index contributed by atoms with van der Waals surface area (Å²) in [6.07, 6.45) is 9.78. The molecule has 60 heavy (non-hydrogen) atoms. The first kappa shape index (κ1) is 44.8. The zero-order chi connectivity index (χ0) is 42.6. The van der Waals surface area contributed by atoms with Crippen LogP contribution in [0.4, 0.5) is 0 Å². The number of para-hydroxylation sites is 6. The lowest BCUT2D eigenvalue weighted by atomic mass is 10.2. The summed E-state index contributed by atoms with van der Waals surface area (Å²) in [5.74, 6) is 1.30. The van der Waals surface area contributed by atoms with Crippen LogP contribution in [-0.2, 0) is 0 Å². The van der Waals surface area contributed by atoms with Gasteiger partial charge < -0.3 is 30.6 Å². The third kappa shape index (κ3) is 16.7. The van der Waals surface area contributed by atoms with Crippen LogP contribution in [0.15, 0.2) is 176 Å². The van der Waals surface area contributed by atoms with Crippen LogP contribution < -0.4 is 0 Å². The number of hydrogen-bond acceptors (Lipinski definition) is 12. The van der Waals surface area contributed by atoms with Gasteiger partial charge in [-0.3, -0.25) is 30.0 Å². The van der Waals surface area contributed by atoms with Crippen molar-refractivity contribution >= 4 is 37.3 Å². The van der Waals surface area contributed by atoms with Crippen molar-refractivity contribution in [2.24, 2.45) is 30.0 Å². The fourth-order valence-electron chi connectivity index (χ4n) is 4.90. The quantitative estimate of drug-likeness (QED) is 0.0451. The molecule has 0 bridgehead atoms. The molecule has 0 aliphatic rings. The molecule has 0 aromatic heterocycles. The number of phenolic OH excluding ortho intramolecular Hbond substituents is 6. The van der Waals surface area contributed by atoms with Crippen LogP contribution in [-0.4, -0.2) is 107 Å². The molecule has 0 saturated carbocycles. The normalized spacial score (nSPS) is 11.4. The van der Waals surface area contributed by atoms with Gasteiger partial charge in [-0.25, -0.2) is 0 Å². The van der Waals surface area contributed by atoms with Crippen LogP contribution in [0.5, 0.6) is 34.5 Å². The van der Waals surface area contributed by atoms with E-state index < -0.39 is 0 Å². The highest BCUT2D eigenvalue weighted by Crippen LogP contribution is 2.16. The van der Waals surface area contributed by atoms with Crippen LogP contribution in [0.3, 0.4) is 0 Å². The van der Waals surface area contributed by atoms with E-state index in [2.05, 4.69) is 30.0 Å². The third-order valence-corrected chi connectivity index (χ3v) is 8.08. The van der Waals surface area contributed by atoms with Crippen LogP contribution in [0.1, 0.15) is 33.4 Å². The standard InChI is InChI=1S/3C16H16N2O2/c3*19-15-7-3-1-5-13(15)11-17-9-10-18-12-14-6-2-4-8-16(14)20/h3*1-8,11-12,19-20H,9-10H2. The first-order valence-electron chi connectivity index (χ1n) is 19.0. The van der Waals surface area contributed by atoms with Crippen molar-refractivity contribution in [3.63, 3.8) is 0 Å². The van der Waals surface area contributed by atoms with E-state index in [0.29, 0.717) is 72.6 Å². The number of aromatic hydroxyl groups is 6. The van der Waals surface area contributed by atoms with E-state index in [4.69, 9.17) is 0 Å². The number of phenols is 6. The first-order valence-corrected chi connectivity index (χ1v) is 19.0. The molecule has 306 valence electrons. The number of aliphatic imine (C=N–C) groups is 6. The molecule has 12 nitrogen and oxygen atoms in total. The van der Waals surface area contributed by atoms with Crippen LogP contribution in [0.25, 0.3) is 0 Å². The molecule has 0 atom stereocenters. The molecule has 0 saturated heterocycles. The SMILES string of the molecule is Oc1ccccc1C=NCCN=Cc1ccccc1O.Oc1ccccc1C=NCCN=Cc1ccccc1O.Oc1ccccc1C=NCCN=Cc1ccccc1O. The maximum Gasteiger partial charge on any atom is 0.124 e. The maximum atomic E-state index is 9.54. The van der Waals surface area contributed by atoms with E-state index in [1.165, 1.54) is 0 Å². The Kier molecular flexibility index (Phi) is 19.5. The minimum Gasteiger partial charge on any atom is -0.507 e. The zero-order valence-electron chi connectivity index (χ0n) is 32.9. The molecule has 6 aromatic carbocycles. The highest BCUT2D eigenvalue weighted by Gasteiger charge is 1.98.